The number of nitrogens with zero attached hydrogens (tertiary/aromatic N) is 1. The molecule has 158 valence electrons. The number of benzene rings is 1. The van der Waals surface area contributed by atoms with Crippen molar-refractivity contribution >= 4 is 5.69 Å². The molecule has 0 amide bonds. The zero-order chi connectivity index (χ0) is 20.6. The SMILES string of the molecule is CNCC/C(N)=C/NC(CF)C(OC)c1ccc(N2CCC(F)(F)CC2)cc1. The van der Waals surface area contributed by atoms with Gasteiger partial charge in [-0.1, -0.05) is 12.1 Å². The van der Waals surface area contributed by atoms with Crippen LogP contribution in [0.3, 0.4) is 0 Å². The van der Waals surface area contributed by atoms with Gasteiger partial charge in [0.05, 0.1) is 6.04 Å². The third-order valence-corrected chi connectivity index (χ3v) is 5.01. The van der Waals surface area contributed by atoms with E-state index in [9.17, 15) is 13.2 Å². The quantitative estimate of drug-likeness (QED) is 0.564. The summed E-state index contributed by atoms with van der Waals surface area (Å²) in [6.45, 7) is 0.760. The lowest BCUT2D eigenvalue weighted by Crippen LogP contribution is -2.39. The van der Waals surface area contributed by atoms with Gasteiger partial charge in [-0.2, -0.15) is 0 Å². The van der Waals surface area contributed by atoms with Crippen LogP contribution in [0.1, 0.15) is 30.9 Å². The molecule has 5 nitrogen and oxygen atoms in total. The number of nitrogens with two attached hydrogens (primary N) is 1. The van der Waals surface area contributed by atoms with Crippen molar-refractivity contribution in [2.45, 2.75) is 37.3 Å². The molecule has 0 aliphatic carbocycles. The van der Waals surface area contributed by atoms with Crippen LogP contribution in [0, 0.1) is 0 Å². The van der Waals surface area contributed by atoms with E-state index >= 15 is 0 Å². The molecular weight excluding hydrogens is 369 g/mol. The van der Waals surface area contributed by atoms with Crippen LogP contribution in [0.25, 0.3) is 0 Å². The Morgan fingerprint density at radius 3 is 2.46 bits per heavy atom. The number of alkyl halides is 3. The molecule has 0 bridgehead atoms. The molecule has 1 heterocycles. The molecule has 28 heavy (non-hydrogen) atoms. The van der Waals surface area contributed by atoms with Gasteiger partial charge in [-0.15, -0.1) is 0 Å². The first-order valence-corrected chi connectivity index (χ1v) is 9.57. The summed E-state index contributed by atoms with van der Waals surface area (Å²) in [6.07, 6.45) is 1.51. The van der Waals surface area contributed by atoms with Crippen molar-refractivity contribution in [1.82, 2.24) is 10.6 Å². The van der Waals surface area contributed by atoms with Gasteiger partial charge in [-0.05, 0) is 24.7 Å². The van der Waals surface area contributed by atoms with Gasteiger partial charge in [0, 0.05) is 63.6 Å². The number of piperidine rings is 1. The normalized spacial score (nSPS) is 19.3. The maximum absolute atomic E-state index is 13.6. The van der Waals surface area contributed by atoms with E-state index in [1.165, 1.54) is 7.11 Å². The highest BCUT2D eigenvalue weighted by Crippen LogP contribution is 2.31. The Morgan fingerprint density at radius 2 is 1.93 bits per heavy atom. The number of methoxy groups -OCH3 is 1. The smallest absolute Gasteiger partial charge is 0.251 e. The van der Waals surface area contributed by atoms with Crippen LogP contribution in [-0.4, -0.2) is 52.4 Å². The Morgan fingerprint density at radius 1 is 1.29 bits per heavy atom. The third-order valence-electron chi connectivity index (χ3n) is 5.01. The molecule has 1 fully saturated rings. The Bertz CT molecular complexity index is 614. The summed E-state index contributed by atoms with van der Waals surface area (Å²) in [5.41, 5.74) is 8.22. The lowest BCUT2D eigenvalue weighted by molar-refractivity contribution is -0.0220. The predicted molar refractivity (Wildman–Crippen MR) is 106 cm³/mol. The molecule has 2 unspecified atom stereocenters. The highest BCUT2D eigenvalue weighted by molar-refractivity contribution is 5.48. The zero-order valence-electron chi connectivity index (χ0n) is 16.6. The minimum Gasteiger partial charge on any atom is -0.401 e. The fourth-order valence-electron chi connectivity index (χ4n) is 3.27. The minimum absolute atomic E-state index is 0.134. The van der Waals surface area contributed by atoms with E-state index in [1.807, 2.05) is 36.2 Å². The number of rotatable bonds is 10. The van der Waals surface area contributed by atoms with Gasteiger partial charge in [-0.25, -0.2) is 13.2 Å². The van der Waals surface area contributed by atoms with Crippen LogP contribution in [0.15, 0.2) is 36.2 Å². The molecule has 4 N–H and O–H groups in total. The van der Waals surface area contributed by atoms with Crippen LogP contribution < -0.4 is 21.3 Å². The lowest BCUT2D eigenvalue weighted by Gasteiger charge is -2.33. The van der Waals surface area contributed by atoms with Crippen LogP contribution in [-0.2, 0) is 4.74 Å². The monoisotopic (exact) mass is 400 g/mol. The van der Waals surface area contributed by atoms with Crippen LogP contribution >= 0.6 is 0 Å². The molecular formula is C20H31F3N4O. The van der Waals surface area contributed by atoms with Crippen molar-refractivity contribution < 1.29 is 17.9 Å². The van der Waals surface area contributed by atoms with Crippen molar-refractivity contribution in [3.05, 3.63) is 41.7 Å². The van der Waals surface area contributed by atoms with Crippen molar-refractivity contribution in [3.63, 3.8) is 0 Å². The van der Waals surface area contributed by atoms with E-state index in [0.29, 0.717) is 25.2 Å². The second-order valence-electron chi connectivity index (χ2n) is 7.09. The Labute approximate surface area is 165 Å². The summed E-state index contributed by atoms with van der Waals surface area (Å²) in [5, 5.41) is 6.01. The van der Waals surface area contributed by atoms with Crippen molar-refractivity contribution in [2.75, 3.05) is 45.4 Å². The summed E-state index contributed by atoms with van der Waals surface area (Å²) in [6, 6.07) is 6.87. The molecule has 0 spiro atoms. The Hall–Kier alpha value is -1.93. The molecule has 8 heteroatoms. The lowest BCUT2D eigenvalue weighted by atomic mass is 10.0. The summed E-state index contributed by atoms with van der Waals surface area (Å²) in [4.78, 5) is 1.94. The molecule has 1 aromatic carbocycles. The first kappa shape index (κ1) is 22.4. The number of hydrogen-bond donors (Lipinski definition) is 3. The topological polar surface area (TPSA) is 62.6 Å². The van der Waals surface area contributed by atoms with E-state index in [-0.39, 0.29) is 12.8 Å². The second kappa shape index (κ2) is 10.6. The summed E-state index contributed by atoms with van der Waals surface area (Å²) < 4.78 is 45.8. The van der Waals surface area contributed by atoms with Crippen LogP contribution in [0.2, 0.25) is 0 Å². The number of hydrogen-bond acceptors (Lipinski definition) is 5. The fourth-order valence-corrected chi connectivity index (χ4v) is 3.27. The van der Waals surface area contributed by atoms with Crippen molar-refractivity contribution in [1.29, 1.82) is 0 Å². The van der Waals surface area contributed by atoms with E-state index in [2.05, 4.69) is 10.6 Å². The van der Waals surface area contributed by atoms with Crippen molar-refractivity contribution in [3.8, 4) is 0 Å². The number of nitrogens with one attached hydrogen (secondary N) is 2. The van der Waals surface area contributed by atoms with E-state index in [1.54, 1.807) is 6.20 Å². The van der Waals surface area contributed by atoms with Gasteiger partial charge in [0.1, 0.15) is 12.8 Å². The second-order valence-corrected chi connectivity index (χ2v) is 7.09. The van der Waals surface area contributed by atoms with Crippen LogP contribution in [0.5, 0.6) is 0 Å². The van der Waals surface area contributed by atoms with Gasteiger partial charge >= 0.3 is 0 Å². The first-order valence-electron chi connectivity index (χ1n) is 9.57. The average molecular weight is 400 g/mol. The molecule has 1 aliphatic rings. The number of anilines is 1. The summed E-state index contributed by atoms with van der Waals surface area (Å²) in [5.74, 6) is -2.57. The Balaban J connectivity index is 2.02. The molecule has 1 saturated heterocycles. The van der Waals surface area contributed by atoms with Gasteiger partial charge in [0.15, 0.2) is 0 Å². The van der Waals surface area contributed by atoms with E-state index in [4.69, 9.17) is 10.5 Å². The molecule has 2 rings (SSSR count). The Kier molecular flexibility index (Phi) is 8.44. The highest BCUT2D eigenvalue weighted by atomic mass is 19.3. The summed E-state index contributed by atoms with van der Waals surface area (Å²) >= 11 is 0. The molecule has 1 aliphatic heterocycles. The maximum Gasteiger partial charge on any atom is 0.251 e. The van der Waals surface area contributed by atoms with Gasteiger partial charge in [0.2, 0.25) is 0 Å². The fraction of sp³-hybridized carbons (Fsp3) is 0.600. The average Bonchev–Trinajstić information content (AvgIpc) is 2.70. The van der Waals surface area contributed by atoms with Crippen LogP contribution in [0.4, 0.5) is 18.9 Å². The van der Waals surface area contributed by atoms with Crippen molar-refractivity contribution in [2.24, 2.45) is 5.73 Å². The molecule has 2 atom stereocenters. The number of ether oxygens (including phenoxy) is 1. The largest absolute Gasteiger partial charge is 0.401 e. The van der Waals surface area contributed by atoms with Gasteiger partial charge in [-0.3, -0.25) is 0 Å². The standard InChI is InChI=1S/C20H31F3N4O/c1-25-10-7-16(24)14-26-18(13-21)19(28-2)15-3-5-17(6-4-15)27-11-8-20(22,23)9-12-27/h3-6,14,18-19,25-26H,7-13,24H2,1-2H3/b16-14-. The van der Waals surface area contributed by atoms with E-state index < -0.39 is 24.7 Å². The molecule has 0 saturated carbocycles. The van der Waals surface area contributed by atoms with Gasteiger partial charge < -0.3 is 26.0 Å². The summed E-state index contributed by atoms with van der Waals surface area (Å²) in [7, 11) is 3.37. The molecule has 1 aromatic rings. The molecule has 0 radical (unpaired) electrons. The molecule has 0 aromatic heterocycles. The highest BCUT2D eigenvalue weighted by Gasteiger charge is 2.34. The number of halogens is 3. The zero-order valence-corrected chi connectivity index (χ0v) is 16.6. The third kappa shape index (κ3) is 6.31. The maximum atomic E-state index is 13.6. The van der Waals surface area contributed by atoms with E-state index in [0.717, 1.165) is 17.8 Å². The minimum atomic E-state index is -2.57. The first-order chi connectivity index (χ1) is 13.4. The van der Waals surface area contributed by atoms with Gasteiger partial charge in [0.25, 0.3) is 5.92 Å². The predicted octanol–water partition coefficient (Wildman–Crippen LogP) is 2.95.